The van der Waals surface area contributed by atoms with Crippen molar-refractivity contribution < 1.29 is 13.2 Å². The van der Waals surface area contributed by atoms with Crippen molar-refractivity contribution in [1.29, 1.82) is 0 Å². The van der Waals surface area contributed by atoms with Gasteiger partial charge in [0.25, 0.3) is 5.91 Å². The molecule has 0 aliphatic rings. The summed E-state index contributed by atoms with van der Waals surface area (Å²) in [6.07, 6.45) is 1.16. The summed E-state index contributed by atoms with van der Waals surface area (Å²) in [7, 11) is -3.24. The fourth-order valence-corrected chi connectivity index (χ4v) is 4.18. The fourth-order valence-electron chi connectivity index (χ4n) is 3.55. The minimum Gasteiger partial charge on any atom is -0.348 e. The zero-order valence-electron chi connectivity index (χ0n) is 17.1. The van der Waals surface area contributed by atoms with E-state index < -0.39 is 9.84 Å². The van der Waals surface area contributed by atoms with Gasteiger partial charge in [-0.3, -0.25) is 9.89 Å². The molecular weight excluding hydrogens is 426 g/mol. The van der Waals surface area contributed by atoms with Crippen LogP contribution in [0.3, 0.4) is 0 Å². The molecule has 5 aromatic rings. The molecule has 2 heterocycles. The topological polar surface area (TPSA) is 121 Å². The molecule has 0 atom stereocenters. The van der Waals surface area contributed by atoms with Crippen LogP contribution in [0.1, 0.15) is 15.9 Å². The molecule has 0 unspecified atom stereocenters. The standard InChI is InChI=1S/C23H19N5O3S/c1-32(30,31)16-9-6-14(7-10-16)13-24-23(29)15-8-11-19-20(12-15)26-22(25-19)21-17-4-2-3-5-18(17)27-28-21/h2-12H,13H2,1H3,(H,24,29)(H,25,26)(H,27,28). The van der Waals surface area contributed by atoms with Gasteiger partial charge in [-0.05, 0) is 42.0 Å². The molecule has 2 aromatic heterocycles. The lowest BCUT2D eigenvalue weighted by atomic mass is 10.1. The van der Waals surface area contributed by atoms with Gasteiger partial charge in [-0.25, -0.2) is 13.4 Å². The highest BCUT2D eigenvalue weighted by molar-refractivity contribution is 7.90. The molecule has 0 fully saturated rings. The Balaban J connectivity index is 1.35. The van der Waals surface area contributed by atoms with E-state index in [1.807, 2.05) is 24.3 Å². The monoisotopic (exact) mass is 445 g/mol. The average molecular weight is 446 g/mol. The van der Waals surface area contributed by atoms with Gasteiger partial charge in [0.2, 0.25) is 0 Å². The van der Waals surface area contributed by atoms with E-state index in [0.29, 0.717) is 11.4 Å². The fraction of sp³-hybridized carbons (Fsp3) is 0.0870. The first kappa shape index (κ1) is 20.0. The SMILES string of the molecule is CS(=O)(=O)c1ccc(CNC(=O)c2ccc3nc(-c4n[nH]c5ccccc45)[nH]c3c2)cc1. The lowest BCUT2D eigenvalue weighted by Crippen LogP contribution is -2.22. The molecule has 0 bridgehead atoms. The molecule has 3 aromatic carbocycles. The van der Waals surface area contributed by atoms with E-state index >= 15 is 0 Å². The second-order valence-electron chi connectivity index (χ2n) is 7.53. The third-order valence-electron chi connectivity index (χ3n) is 5.24. The maximum absolute atomic E-state index is 12.6. The van der Waals surface area contributed by atoms with Crippen LogP contribution in [0, 0.1) is 0 Å². The van der Waals surface area contributed by atoms with Gasteiger partial charge < -0.3 is 10.3 Å². The number of carbonyl (C=O) groups is 1. The number of carbonyl (C=O) groups excluding carboxylic acids is 1. The molecule has 0 aliphatic heterocycles. The maximum atomic E-state index is 12.6. The van der Waals surface area contributed by atoms with Crippen LogP contribution in [-0.4, -0.2) is 40.7 Å². The molecular formula is C23H19N5O3S. The van der Waals surface area contributed by atoms with E-state index in [2.05, 4.69) is 25.5 Å². The van der Waals surface area contributed by atoms with Gasteiger partial charge in [0.1, 0.15) is 5.69 Å². The van der Waals surface area contributed by atoms with Gasteiger partial charge >= 0.3 is 0 Å². The molecule has 32 heavy (non-hydrogen) atoms. The van der Waals surface area contributed by atoms with Crippen LogP contribution < -0.4 is 5.32 Å². The number of rotatable bonds is 5. The predicted octanol–water partition coefficient (Wildman–Crippen LogP) is 3.44. The molecule has 9 heteroatoms. The number of benzene rings is 3. The van der Waals surface area contributed by atoms with E-state index in [-0.39, 0.29) is 17.3 Å². The number of sulfone groups is 1. The van der Waals surface area contributed by atoms with E-state index in [9.17, 15) is 13.2 Å². The van der Waals surface area contributed by atoms with Gasteiger partial charge in [-0.15, -0.1) is 0 Å². The van der Waals surface area contributed by atoms with Gasteiger partial charge in [-0.1, -0.05) is 30.3 Å². The van der Waals surface area contributed by atoms with Crippen molar-refractivity contribution in [3.8, 4) is 11.5 Å². The van der Waals surface area contributed by atoms with Gasteiger partial charge in [0.05, 0.1) is 21.4 Å². The normalized spacial score (nSPS) is 11.8. The van der Waals surface area contributed by atoms with E-state index in [1.165, 1.54) is 12.1 Å². The summed E-state index contributed by atoms with van der Waals surface area (Å²) in [5.41, 5.74) is 4.42. The number of amides is 1. The molecule has 0 radical (unpaired) electrons. The Morgan fingerprint density at radius 3 is 2.56 bits per heavy atom. The molecule has 3 N–H and O–H groups in total. The van der Waals surface area contributed by atoms with Crippen molar-refractivity contribution in [1.82, 2.24) is 25.5 Å². The van der Waals surface area contributed by atoms with Crippen LogP contribution in [0.25, 0.3) is 33.5 Å². The van der Waals surface area contributed by atoms with E-state index in [4.69, 9.17) is 0 Å². The highest BCUT2D eigenvalue weighted by Crippen LogP contribution is 2.26. The number of aromatic amines is 2. The number of para-hydroxylation sites is 1. The van der Waals surface area contributed by atoms with Crippen molar-refractivity contribution in [2.45, 2.75) is 11.4 Å². The quantitative estimate of drug-likeness (QED) is 0.383. The van der Waals surface area contributed by atoms with Crippen LogP contribution >= 0.6 is 0 Å². The van der Waals surface area contributed by atoms with Crippen LogP contribution in [0.2, 0.25) is 0 Å². The Morgan fingerprint density at radius 2 is 1.78 bits per heavy atom. The number of imidazole rings is 1. The second kappa shape index (κ2) is 7.61. The molecule has 0 aliphatic carbocycles. The average Bonchev–Trinajstić information content (AvgIpc) is 3.40. The smallest absolute Gasteiger partial charge is 0.251 e. The zero-order chi connectivity index (χ0) is 22.3. The predicted molar refractivity (Wildman–Crippen MR) is 122 cm³/mol. The molecule has 1 amide bonds. The Hall–Kier alpha value is -3.98. The number of aromatic nitrogens is 4. The lowest BCUT2D eigenvalue weighted by Gasteiger charge is -2.06. The van der Waals surface area contributed by atoms with Gasteiger partial charge in [-0.2, -0.15) is 5.10 Å². The molecule has 0 saturated carbocycles. The zero-order valence-corrected chi connectivity index (χ0v) is 17.9. The number of hydrogen-bond donors (Lipinski definition) is 3. The van der Waals surface area contributed by atoms with Crippen molar-refractivity contribution in [2.75, 3.05) is 6.26 Å². The number of H-pyrrole nitrogens is 2. The third-order valence-corrected chi connectivity index (χ3v) is 6.37. The van der Waals surface area contributed by atoms with E-state index in [0.717, 1.165) is 39.4 Å². The molecule has 5 rings (SSSR count). The van der Waals surface area contributed by atoms with Crippen LogP contribution in [0.15, 0.2) is 71.6 Å². The van der Waals surface area contributed by atoms with Crippen molar-refractivity contribution in [2.24, 2.45) is 0 Å². The summed E-state index contributed by atoms with van der Waals surface area (Å²) in [5.74, 6) is 0.390. The Bertz CT molecular complexity index is 1570. The highest BCUT2D eigenvalue weighted by atomic mass is 32.2. The first-order valence-electron chi connectivity index (χ1n) is 9.89. The largest absolute Gasteiger partial charge is 0.348 e. The van der Waals surface area contributed by atoms with Crippen molar-refractivity contribution in [3.63, 3.8) is 0 Å². The molecule has 0 spiro atoms. The van der Waals surface area contributed by atoms with E-state index in [1.54, 1.807) is 30.3 Å². The summed E-state index contributed by atoms with van der Waals surface area (Å²) in [4.78, 5) is 20.7. The lowest BCUT2D eigenvalue weighted by molar-refractivity contribution is 0.0951. The number of hydrogen-bond acceptors (Lipinski definition) is 5. The van der Waals surface area contributed by atoms with Gasteiger partial charge in [0, 0.05) is 23.8 Å². The van der Waals surface area contributed by atoms with Crippen LogP contribution in [0.5, 0.6) is 0 Å². The van der Waals surface area contributed by atoms with Crippen LogP contribution in [-0.2, 0) is 16.4 Å². The molecule has 160 valence electrons. The summed E-state index contributed by atoms with van der Waals surface area (Å²) >= 11 is 0. The minimum absolute atomic E-state index is 0.236. The second-order valence-corrected chi connectivity index (χ2v) is 9.55. The Labute approximate surface area is 183 Å². The highest BCUT2D eigenvalue weighted by Gasteiger charge is 2.14. The van der Waals surface area contributed by atoms with Gasteiger partial charge in [0.15, 0.2) is 15.7 Å². The third kappa shape index (κ3) is 3.74. The maximum Gasteiger partial charge on any atom is 0.251 e. The summed E-state index contributed by atoms with van der Waals surface area (Å²) in [5, 5.41) is 11.2. The van der Waals surface area contributed by atoms with Crippen molar-refractivity contribution >= 4 is 37.7 Å². The number of fused-ring (bicyclic) bond motifs is 2. The van der Waals surface area contributed by atoms with Crippen LogP contribution in [0.4, 0.5) is 0 Å². The summed E-state index contributed by atoms with van der Waals surface area (Å²) < 4.78 is 23.1. The minimum atomic E-state index is -3.24. The Kier molecular flexibility index (Phi) is 4.75. The molecule has 0 saturated heterocycles. The number of nitrogens with one attached hydrogen (secondary N) is 3. The summed E-state index contributed by atoms with van der Waals surface area (Å²) in [6, 6.07) is 19.5. The molecule has 8 nitrogen and oxygen atoms in total. The number of nitrogens with zero attached hydrogens (tertiary/aromatic N) is 2. The first-order valence-corrected chi connectivity index (χ1v) is 11.8. The Morgan fingerprint density at radius 1 is 1.00 bits per heavy atom. The summed E-state index contributed by atoms with van der Waals surface area (Å²) in [6.45, 7) is 0.286. The first-order chi connectivity index (χ1) is 15.4. The van der Waals surface area contributed by atoms with Crippen molar-refractivity contribution in [3.05, 3.63) is 77.9 Å².